The Morgan fingerprint density at radius 2 is 1.64 bits per heavy atom. The second-order valence-electron chi connectivity index (χ2n) is 5.44. The molecule has 1 aliphatic rings. The van der Waals surface area contributed by atoms with Gasteiger partial charge in [-0.3, -0.25) is 10.2 Å². The van der Waals surface area contributed by atoms with Crippen LogP contribution in [-0.4, -0.2) is 16.8 Å². The molecule has 112 valence electrons. The second kappa shape index (κ2) is 5.64. The summed E-state index contributed by atoms with van der Waals surface area (Å²) in [5.41, 5.74) is 4.08. The number of carbonyl (C=O) groups is 1. The Morgan fingerprint density at radius 1 is 1.05 bits per heavy atom. The lowest BCUT2D eigenvalue weighted by atomic mass is 9.92. The van der Waals surface area contributed by atoms with Gasteiger partial charge in [-0.1, -0.05) is 55.5 Å². The predicted molar refractivity (Wildman–Crippen MR) is 88.4 cm³/mol. The van der Waals surface area contributed by atoms with Gasteiger partial charge < -0.3 is 0 Å². The normalized spacial score (nSPS) is 20.9. The molecule has 2 aromatic carbocycles. The van der Waals surface area contributed by atoms with Crippen LogP contribution < -0.4 is 5.43 Å². The molecule has 2 aromatic rings. The Balaban J connectivity index is 1.94. The molecule has 0 aliphatic carbocycles. The van der Waals surface area contributed by atoms with E-state index in [0.717, 1.165) is 17.1 Å². The van der Waals surface area contributed by atoms with Crippen LogP contribution >= 0.6 is 0 Å². The van der Waals surface area contributed by atoms with Gasteiger partial charge in [0.05, 0.1) is 5.69 Å². The number of nitrogens with one attached hydrogen (secondary N) is 1. The van der Waals surface area contributed by atoms with E-state index in [1.807, 2.05) is 74.5 Å². The molecule has 0 radical (unpaired) electrons. The van der Waals surface area contributed by atoms with Crippen LogP contribution in [0.2, 0.25) is 0 Å². The van der Waals surface area contributed by atoms with Gasteiger partial charge in [0.1, 0.15) is 5.84 Å². The number of aliphatic imine (C=N–C) groups is 1. The Labute approximate surface area is 130 Å². The van der Waals surface area contributed by atoms with Gasteiger partial charge in [-0.05, 0) is 24.6 Å². The molecule has 22 heavy (non-hydrogen) atoms. The first-order valence-electron chi connectivity index (χ1n) is 7.45. The maximum atomic E-state index is 13.0. The molecule has 1 heterocycles. The number of amides is 1. The summed E-state index contributed by atoms with van der Waals surface area (Å²) >= 11 is 0. The molecule has 0 unspecified atom stereocenters. The number of hydrogen-bond acceptors (Lipinski definition) is 3. The monoisotopic (exact) mass is 293 g/mol. The van der Waals surface area contributed by atoms with E-state index in [-0.39, 0.29) is 5.91 Å². The number of anilines is 1. The molecular weight excluding hydrogens is 274 g/mol. The van der Waals surface area contributed by atoms with Gasteiger partial charge in [0.15, 0.2) is 5.54 Å². The van der Waals surface area contributed by atoms with Crippen molar-refractivity contribution in [1.82, 2.24) is 5.01 Å². The van der Waals surface area contributed by atoms with Crippen molar-refractivity contribution >= 4 is 17.4 Å². The van der Waals surface area contributed by atoms with Crippen LogP contribution in [0.15, 0.2) is 65.7 Å². The average Bonchev–Trinajstić information content (AvgIpc) is 2.82. The molecule has 1 N–H and O–H groups in total. The molecule has 1 aliphatic heterocycles. The summed E-state index contributed by atoms with van der Waals surface area (Å²) in [7, 11) is 0. The fourth-order valence-corrected chi connectivity index (χ4v) is 2.64. The maximum Gasteiger partial charge on any atom is 0.279 e. The molecule has 0 saturated heterocycles. The van der Waals surface area contributed by atoms with Crippen molar-refractivity contribution in [1.29, 1.82) is 0 Å². The van der Waals surface area contributed by atoms with Gasteiger partial charge in [0.2, 0.25) is 0 Å². The first-order valence-corrected chi connectivity index (χ1v) is 7.45. The largest absolute Gasteiger partial charge is 0.290 e. The molecule has 0 spiro atoms. The van der Waals surface area contributed by atoms with Crippen molar-refractivity contribution < 1.29 is 4.79 Å². The Bertz CT molecular complexity index is 697. The van der Waals surface area contributed by atoms with Crippen LogP contribution in [0.25, 0.3) is 0 Å². The average molecular weight is 293 g/mol. The highest BCUT2D eigenvalue weighted by molar-refractivity contribution is 6.09. The minimum absolute atomic E-state index is 0.0561. The maximum absolute atomic E-state index is 13.0. The minimum Gasteiger partial charge on any atom is -0.290 e. The van der Waals surface area contributed by atoms with E-state index < -0.39 is 5.54 Å². The summed E-state index contributed by atoms with van der Waals surface area (Å²) in [6.07, 6.45) is 0.688. The number of carbonyl (C=O) groups excluding carboxylic acids is 1. The first-order chi connectivity index (χ1) is 10.6. The number of nitrogens with zero attached hydrogens (tertiary/aromatic N) is 2. The molecule has 3 rings (SSSR count). The summed E-state index contributed by atoms with van der Waals surface area (Å²) in [5, 5.41) is 1.57. The van der Waals surface area contributed by atoms with Crippen LogP contribution in [0.3, 0.4) is 0 Å². The van der Waals surface area contributed by atoms with Crippen molar-refractivity contribution in [3.8, 4) is 0 Å². The SMILES string of the molecule is CCC1=N[C@@](C)(c2ccccc2)C(=O)N1Nc1ccccc1. The molecular formula is C18H19N3O. The van der Waals surface area contributed by atoms with E-state index in [0.29, 0.717) is 6.42 Å². The fourth-order valence-electron chi connectivity index (χ4n) is 2.64. The third-order valence-electron chi connectivity index (χ3n) is 3.90. The fraction of sp³-hybridized carbons (Fsp3) is 0.222. The number of para-hydroxylation sites is 1. The van der Waals surface area contributed by atoms with Gasteiger partial charge in [0.25, 0.3) is 5.91 Å². The molecule has 4 nitrogen and oxygen atoms in total. The van der Waals surface area contributed by atoms with Crippen LogP contribution in [0.5, 0.6) is 0 Å². The van der Waals surface area contributed by atoms with Gasteiger partial charge in [-0.2, -0.15) is 0 Å². The molecule has 4 heteroatoms. The van der Waals surface area contributed by atoms with Gasteiger partial charge in [-0.25, -0.2) is 10.0 Å². The Kier molecular flexibility index (Phi) is 3.67. The molecule has 0 aromatic heterocycles. The number of rotatable bonds is 4. The first kappa shape index (κ1) is 14.3. The zero-order valence-electron chi connectivity index (χ0n) is 12.8. The highest BCUT2D eigenvalue weighted by atomic mass is 16.2. The highest BCUT2D eigenvalue weighted by Gasteiger charge is 2.45. The van der Waals surface area contributed by atoms with Crippen molar-refractivity contribution in [3.63, 3.8) is 0 Å². The van der Waals surface area contributed by atoms with Gasteiger partial charge in [-0.15, -0.1) is 0 Å². The zero-order valence-corrected chi connectivity index (χ0v) is 12.8. The van der Waals surface area contributed by atoms with E-state index >= 15 is 0 Å². The topological polar surface area (TPSA) is 44.7 Å². The third kappa shape index (κ3) is 2.37. The van der Waals surface area contributed by atoms with E-state index in [1.165, 1.54) is 0 Å². The number of hydrogen-bond donors (Lipinski definition) is 1. The molecule has 0 fully saturated rings. The second-order valence-corrected chi connectivity index (χ2v) is 5.44. The molecule has 0 bridgehead atoms. The smallest absolute Gasteiger partial charge is 0.279 e. The number of amidine groups is 1. The van der Waals surface area contributed by atoms with E-state index in [4.69, 9.17) is 4.99 Å². The quantitative estimate of drug-likeness (QED) is 0.936. The van der Waals surface area contributed by atoms with Crippen molar-refractivity contribution in [2.75, 3.05) is 5.43 Å². The Hall–Kier alpha value is -2.62. The van der Waals surface area contributed by atoms with Crippen LogP contribution in [0, 0.1) is 0 Å². The van der Waals surface area contributed by atoms with Crippen molar-refractivity contribution in [2.45, 2.75) is 25.8 Å². The number of hydrazine groups is 1. The summed E-state index contributed by atoms with van der Waals surface area (Å²) in [4.78, 5) is 17.6. The van der Waals surface area contributed by atoms with Crippen LogP contribution in [0.1, 0.15) is 25.8 Å². The van der Waals surface area contributed by atoms with Gasteiger partial charge in [0, 0.05) is 6.42 Å². The van der Waals surface area contributed by atoms with Crippen molar-refractivity contribution in [2.24, 2.45) is 4.99 Å². The standard InChI is InChI=1S/C18H19N3O/c1-3-16-19-18(2,14-10-6-4-7-11-14)17(22)21(16)20-15-12-8-5-9-13-15/h4-13,20H,3H2,1-2H3/t18-/m0/s1. The van der Waals surface area contributed by atoms with Crippen LogP contribution in [0.4, 0.5) is 5.69 Å². The number of benzene rings is 2. The summed E-state index contributed by atoms with van der Waals surface area (Å²) in [5.74, 6) is 0.694. The predicted octanol–water partition coefficient (Wildman–Crippen LogP) is 3.58. The van der Waals surface area contributed by atoms with E-state index in [1.54, 1.807) is 5.01 Å². The lowest BCUT2D eigenvalue weighted by Crippen LogP contribution is -2.42. The van der Waals surface area contributed by atoms with E-state index in [9.17, 15) is 4.79 Å². The molecule has 0 saturated carbocycles. The zero-order chi connectivity index (χ0) is 15.6. The van der Waals surface area contributed by atoms with Crippen molar-refractivity contribution in [3.05, 3.63) is 66.2 Å². The van der Waals surface area contributed by atoms with Gasteiger partial charge >= 0.3 is 0 Å². The Morgan fingerprint density at radius 3 is 2.23 bits per heavy atom. The molecule has 1 amide bonds. The summed E-state index contributed by atoms with van der Waals surface area (Å²) in [6.45, 7) is 3.87. The summed E-state index contributed by atoms with van der Waals surface area (Å²) < 4.78 is 0. The van der Waals surface area contributed by atoms with Crippen LogP contribution in [-0.2, 0) is 10.3 Å². The lowest BCUT2D eigenvalue weighted by Gasteiger charge is -2.24. The molecule has 1 atom stereocenters. The highest BCUT2D eigenvalue weighted by Crippen LogP contribution is 2.34. The third-order valence-corrected chi connectivity index (χ3v) is 3.90. The van der Waals surface area contributed by atoms with E-state index in [2.05, 4.69) is 5.43 Å². The lowest BCUT2D eigenvalue weighted by molar-refractivity contribution is -0.130. The summed E-state index contributed by atoms with van der Waals surface area (Å²) in [6, 6.07) is 19.4. The minimum atomic E-state index is -0.867.